The molecule has 3 atom stereocenters. The Hall–Kier alpha value is -1.12. The second-order valence-electron chi connectivity index (χ2n) is 11.5. The molecule has 32 heavy (non-hydrogen) atoms. The molecular weight excluding hydrogens is 456 g/mol. The lowest BCUT2D eigenvalue weighted by Crippen LogP contribution is -2.47. The highest BCUT2D eigenvalue weighted by atomic mass is 79.9. The third kappa shape index (κ3) is 3.61. The molecule has 0 N–H and O–H groups in total. The topological polar surface area (TPSA) is 9.23 Å². The van der Waals surface area contributed by atoms with Gasteiger partial charge in [0.1, 0.15) is 0 Å². The van der Waals surface area contributed by atoms with E-state index in [1.54, 1.807) is 11.1 Å². The summed E-state index contributed by atoms with van der Waals surface area (Å²) in [5.74, 6) is 2.91. The van der Waals surface area contributed by atoms with Crippen molar-refractivity contribution in [3.8, 4) is 0 Å². The highest BCUT2D eigenvalue weighted by molar-refractivity contribution is 9.10. The Labute approximate surface area is 204 Å². The second kappa shape index (κ2) is 8.91. The lowest BCUT2D eigenvalue weighted by atomic mass is 9.60. The molecule has 1 aliphatic heterocycles. The van der Waals surface area contributed by atoms with Crippen LogP contribution in [0.25, 0.3) is 0 Å². The van der Waals surface area contributed by atoms with Gasteiger partial charge in [0.2, 0.25) is 0 Å². The minimum atomic E-state index is 0.0747. The van der Waals surface area contributed by atoms with E-state index < -0.39 is 0 Å². The van der Waals surface area contributed by atoms with Gasteiger partial charge in [-0.1, -0.05) is 94.7 Å². The van der Waals surface area contributed by atoms with Gasteiger partial charge in [-0.15, -0.1) is 0 Å². The lowest BCUT2D eigenvalue weighted by molar-refractivity contribution is 0.000380. The van der Waals surface area contributed by atoms with E-state index in [-0.39, 0.29) is 10.8 Å². The quantitative estimate of drug-likeness (QED) is 0.388. The van der Waals surface area contributed by atoms with Crippen LogP contribution in [0, 0.1) is 23.7 Å². The molecule has 0 fully saturated rings. The number of fused-ring (bicyclic) bond motifs is 2. The zero-order valence-corrected chi connectivity index (χ0v) is 22.6. The molecule has 1 heterocycles. The summed E-state index contributed by atoms with van der Waals surface area (Å²) in [5, 5.41) is 0. The van der Waals surface area contributed by atoms with Gasteiger partial charge in [0.05, 0.1) is 13.2 Å². The first-order valence-corrected chi connectivity index (χ1v) is 13.4. The number of ether oxygens (including phenoxy) is 1. The van der Waals surface area contributed by atoms with Gasteiger partial charge in [-0.05, 0) is 76.8 Å². The van der Waals surface area contributed by atoms with Gasteiger partial charge in [0.25, 0.3) is 0 Å². The molecule has 0 radical (unpaired) electrons. The van der Waals surface area contributed by atoms with Gasteiger partial charge in [0, 0.05) is 15.3 Å². The normalized spacial score (nSPS) is 25.3. The van der Waals surface area contributed by atoms with Crippen molar-refractivity contribution in [1.82, 2.24) is 0 Å². The molecule has 0 saturated heterocycles. The van der Waals surface area contributed by atoms with E-state index in [4.69, 9.17) is 4.74 Å². The molecule has 2 heteroatoms. The van der Waals surface area contributed by atoms with Gasteiger partial charge >= 0.3 is 0 Å². The predicted molar refractivity (Wildman–Crippen MR) is 139 cm³/mol. The number of benzene rings is 2. The molecule has 1 nitrogen and oxygen atoms in total. The number of hydrogen-bond acceptors (Lipinski definition) is 1. The molecular formula is C30H41BrO. The highest BCUT2D eigenvalue weighted by Crippen LogP contribution is 2.58. The summed E-state index contributed by atoms with van der Waals surface area (Å²) in [6.45, 7) is 18.6. The second-order valence-corrected chi connectivity index (χ2v) is 12.4. The van der Waals surface area contributed by atoms with E-state index in [1.807, 2.05) is 0 Å². The van der Waals surface area contributed by atoms with Crippen LogP contribution in [0.4, 0.5) is 0 Å². The number of rotatable bonds is 6. The Bertz CT molecular complexity index is 951. The zero-order chi connectivity index (χ0) is 23.3. The van der Waals surface area contributed by atoms with Crippen molar-refractivity contribution in [2.45, 2.75) is 84.7 Å². The summed E-state index contributed by atoms with van der Waals surface area (Å²) in [6.07, 6.45) is 2.47. The van der Waals surface area contributed by atoms with E-state index >= 15 is 0 Å². The summed E-state index contributed by atoms with van der Waals surface area (Å²) in [6, 6.07) is 16.1. The Kier molecular flexibility index (Phi) is 6.69. The monoisotopic (exact) mass is 496 g/mol. The average molecular weight is 498 g/mol. The van der Waals surface area contributed by atoms with Crippen LogP contribution < -0.4 is 0 Å². The van der Waals surface area contributed by atoms with E-state index in [9.17, 15) is 0 Å². The first-order chi connectivity index (χ1) is 15.1. The maximum absolute atomic E-state index is 6.26. The van der Waals surface area contributed by atoms with Crippen LogP contribution in [0.3, 0.4) is 0 Å². The van der Waals surface area contributed by atoms with Crippen LogP contribution >= 0.6 is 15.9 Å². The fourth-order valence-corrected chi connectivity index (χ4v) is 7.85. The molecule has 4 rings (SSSR count). The SMILES string of the molecule is CC(C)C1(C(C)C)CC(CC(C)C2(C(C)C)COCc3ccccc32)c2ccc(Br)cc21. The molecule has 0 amide bonds. The van der Waals surface area contributed by atoms with Crippen molar-refractivity contribution in [3.63, 3.8) is 0 Å². The first kappa shape index (κ1) is 24.0. The van der Waals surface area contributed by atoms with Gasteiger partial charge in [-0.2, -0.15) is 0 Å². The van der Waals surface area contributed by atoms with Crippen LogP contribution in [-0.4, -0.2) is 6.61 Å². The maximum Gasteiger partial charge on any atom is 0.0720 e. The van der Waals surface area contributed by atoms with E-state index in [0.717, 1.165) is 13.2 Å². The average Bonchev–Trinajstić information content (AvgIpc) is 3.07. The molecule has 2 aromatic rings. The van der Waals surface area contributed by atoms with E-state index in [1.165, 1.54) is 28.4 Å². The van der Waals surface area contributed by atoms with Crippen molar-refractivity contribution in [3.05, 3.63) is 69.2 Å². The molecule has 1 aliphatic carbocycles. The largest absolute Gasteiger partial charge is 0.376 e. The first-order valence-electron chi connectivity index (χ1n) is 12.6. The van der Waals surface area contributed by atoms with Crippen molar-refractivity contribution in [2.75, 3.05) is 6.61 Å². The van der Waals surface area contributed by atoms with Crippen molar-refractivity contribution >= 4 is 15.9 Å². The molecule has 3 unspecified atom stereocenters. The smallest absolute Gasteiger partial charge is 0.0720 e. The third-order valence-corrected chi connectivity index (χ3v) is 9.76. The molecule has 0 aromatic heterocycles. The number of halogens is 1. The lowest BCUT2D eigenvalue weighted by Gasteiger charge is -2.47. The highest BCUT2D eigenvalue weighted by Gasteiger charge is 2.50. The van der Waals surface area contributed by atoms with Crippen LogP contribution in [0.15, 0.2) is 46.9 Å². The summed E-state index contributed by atoms with van der Waals surface area (Å²) < 4.78 is 7.47. The molecule has 174 valence electrons. The van der Waals surface area contributed by atoms with E-state index in [2.05, 4.69) is 107 Å². The van der Waals surface area contributed by atoms with Crippen LogP contribution in [0.2, 0.25) is 0 Å². The summed E-state index contributed by atoms with van der Waals surface area (Å²) in [4.78, 5) is 0. The Morgan fingerprint density at radius 3 is 2.19 bits per heavy atom. The predicted octanol–water partition coefficient (Wildman–Crippen LogP) is 8.64. The Morgan fingerprint density at radius 2 is 1.53 bits per heavy atom. The summed E-state index contributed by atoms with van der Waals surface area (Å²) in [5.41, 5.74) is 6.41. The molecule has 0 saturated carbocycles. The molecule has 2 aliphatic rings. The minimum absolute atomic E-state index is 0.0747. The van der Waals surface area contributed by atoms with Gasteiger partial charge in [-0.3, -0.25) is 0 Å². The van der Waals surface area contributed by atoms with Crippen molar-refractivity contribution in [1.29, 1.82) is 0 Å². The Morgan fingerprint density at radius 1 is 0.875 bits per heavy atom. The van der Waals surface area contributed by atoms with Crippen molar-refractivity contribution < 1.29 is 4.74 Å². The van der Waals surface area contributed by atoms with Crippen LogP contribution in [0.5, 0.6) is 0 Å². The Balaban J connectivity index is 1.75. The van der Waals surface area contributed by atoms with Crippen molar-refractivity contribution in [2.24, 2.45) is 23.7 Å². The molecule has 0 bridgehead atoms. The van der Waals surface area contributed by atoms with Gasteiger partial charge < -0.3 is 4.74 Å². The van der Waals surface area contributed by atoms with Gasteiger partial charge in [-0.25, -0.2) is 0 Å². The standard InChI is InChI=1S/C30H41BrO/c1-19(2)29(20(3)4)16-24(26-13-12-25(31)15-28(26)29)14-22(7)30(21(5)6)18-32-17-23-10-8-9-11-27(23)30/h8-13,15,19-22,24H,14,16-18H2,1-7H3. The minimum Gasteiger partial charge on any atom is -0.376 e. The van der Waals surface area contributed by atoms with Gasteiger partial charge in [0.15, 0.2) is 0 Å². The van der Waals surface area contributed by atoms with Crippen LogP contribution in [-0.2, 0) is 22.2 Å². The molecule has 2 aromatic carbocycles. The summed E-state index contributed by atoms with van der Waals surface area (Å²) >= 11 is 3.78. The van der Waals surface area contributed by atoms with E-state index in [0.29, 0.717) is 29.6 Å². The fraction of sp³-hybridized carbons (Fsp3) is 0.600. The maximum atomic E-state index is 6.26. The molecule has 0 spiro atoms. The summed E-state index contributed by atoms with van der Waals surface area (Å²) in [7, 11) is 0. The number of hydrogen-bond donors (Lipinski definition) is 0. The zero-order valence-electron chi connectivity index (χ0n) is 21.0. The third-order valence-electron chi connectivity index (χ3n) is 9.27. The van der Waals surface area contributed by atoms with Crippen LogP contribution in [0.1, 0.15) is 89.5 Å². The fourth-order valence-electron chi connectivity index (χ4n) is 7.48.